The SMILES string of the molecule is Cc1cc(O)c(C2=CC(=O)c3c(O)cccc3C2=O)c(C=O)c1. The van der Waals surface area contributed by atoms with E-state index in [4.69, 9.17) is 0 Å². The number of phenolic OH excluding ortho intramolecular Hbond substituents is 2. The predicted molar refractivity (Wildman–Crippen MR) is 83.0 cm³/mol. The number of carbonyl (C=O) groups excluding carboxylic acids is 3. The van der Waals surface area contributed by atoms with Crippen LogP contribution in [0.4, 0.5) is 0 Å². The monoisotopic (exact) mass is 308 g/mol. The number of fused-ring (bicyclic) bond motifs is 1. The maximum absolute atomic E-state index is 12.7. The summed E-state index contributed by atoms with van der Waals surface area (Å²) in [5, 5.41) is 19.9. The lowest BCUT2D eigenvalue weighted by Gasteiger charge is -2.18. The summed E-state index contributed by atoms with van der Waals surface area (Å²) in [6.45, 7) is 1.70. The molecule has 2 aromatic rings. The number of phenols is 2. The number of Topliss-reactive ketones (excluding diaryl/α,β-unsaturated/α-hetero) is 1. The molecular formula is C18H12O5. The molecule has 0 bridgehead atoms. The summed E-state index contributed by atoms with van der Waals surface area (Å²) in [6.07, 6.45) is 1.57. The van der Waals surface area contributed by atoms with Gasteiger partial charge in [-0.2, -0.15) is 0 Å². The lowest BCUT2D eigenvalue weighted by atomic mass is 9.84. The van der Waals surface area contributed by atoms with Crippen molar-refractivity contribution in [2.24, 2.45) is 0 Å². The minimum absolute atomic E-state index is 0.0259. The Bertz CT molecular complexity index is 906. The fourth-order valence-corrected chi connectivity index (χ4v) is 2.77. The minimum atomic E-state index is -0.551. The third-order valence-corrected chi connectivity index (χ3v) is 3.74. The smallest absolute Gasteiger partial charge is 0.194 e. The molecule has 0 spiro atoms. The maximum Gasteiger partial charge on any atom is 0.194 e. The Morgan fingerprint density at radius 2 is 1.74 bits per heavy atom. The molecule has 0 unspecified atom stereocenters. The number of hydrogen-bond acceptors (Lipinski definition) is 5. The molecule has 114 valence electrons. The van der Waals surface area contributed by atoms with E-state index in [2.05, 4.69) is 0 Å². The number of benzene rings is 2. The number of allylic oxidation sites excluding steroid dienone is 2. The summed E-state index contributed by atoms with van der Waals surface area (Å²) in [6, 6.07) is 7.15. The fraction of sp³-hybridized carbons (Fsp3) is 0.0556. The largest absolute Gasteiger partial charge is 0.507 e. The zero-order valence-electron chi connectivity index (χ0n) is 12.2. The van der Waals surface area contributed by atoms with Crippen LogP contribution in [0.3, 0.4) is 0 Å². The van der Waals surface area contributed by atoms with E-state index < -0.39 is 11.6 Å². The highest BCUT2D eigenvalue weighted by molar-refractivity contribution is 6.40. The molecule has 0 atom stereocenters. The Labute approximate surface area is 131 Å². The first kappa shape index (κ1) is 14.7. The highest BCUT2D eigenvalue weighted by atomic mass is 16.3. The molecule has 5 nitrogen and oxygen atoms in total. The van der Waals surface area contributed by atoms with Gasteiger partial charge in [-0.05, 0) is 36.8 Å². The van der Waals surface area contributed by atoms with Crippen molar-refractivity contribution in [3.8, 4) is 11.5 Å². The van der Waals surface area contributed by atoms with E-state index in [0.717, 1.165) is 6.08 Å². The first-order valence-electron chi connectivity index (χ1n) is 6.86. The van der Waals surface area contributed by atoms with Crippen LogP contribution in [-0.4, -0.2) is 28.1 Å². The third-order valence-electron chi connectivity index (χ3n) is 3.74. The quantitative estimate of drug-likeness (QED) is 0.832. The number of aryl methyl sites for hydroxylation is 1. The van der Waals surface area contributed by atoms with E-state index in [0.29, 0.717) is 11.8 Å². The summed E-state index contributed by atoms with van der Waals surface area (Å²) < 4.78 is 0. The van der Waals surface area contributed by atoms with Crippen LogP contribution < -0.4 is 0 Å². The van der Waals surface area contributed by atoms with Gasteiger partial charge < -0.3 is 10.2 Å². The lowest BCUT2D eigenvalue weighted by molar-refractivity contribution is 0.0998. The summed E-state index contributed by atoms with van der Waals surface area (Å²) in [5.74, 6) is -1.61. The van der Waals surface area contributed by atoms with E-state index in [9.17, 15) is 24.6 Å². The molecule has 2 N–H and O–H groups in total. The van der Waals surface area contributed by atoms with E-state index in [1.165, 1.54) is 30.3 Å². The number of aldehydes is 1. The highest BCUT2D eigenvalue weighted by Crippen LogP contribution is 2.37. The van der Waals surface area contributed by atoms with Gasteiger partial charge in [0.25, 0.3) is 0 Å². The zero-order valence-corrected chi connectivity index (χ0v) is 12.2. The first-order valence-corrected chi connectivity index (χ1v) is 6.86. The van der Waals surface area contributed by atoms with E-state index in [1.54, 1.807) is 6.92 Å². The van der Waals surface area contributed by atoms with Crippen molar-refractivity contribution in [2.75, 3.05) is 0 Å². The van der Waals surface area contributed by atoms with E-state index >= 15 is 0 Å². The van der Waals surface area contributed by atoms with Crippen molar-refractivity contribution in [1.82, 2.24) is 0 Å². The number of aromatic hydroxyl groups is 2. The molecule has 0 aromatic heterocycles. The van der Waals surface area contributed by atoms with Gasteiger partial charge in [-0.1, -0.05) is 12.1 Å². The molecule has 5 heteroatoms. The van der Waals surface area contributed by atoms with Crippen LogP contribution >= 0.6 is 0 Å². The normalized spacial score (nSPS) is 13.5. The Hall–Kier alpha value is -3.21. The van der Waals surface area contributed by atoms with Crippen LogP contribution in [0.1, 0.15) is 42.2 Å². The van der Waals surface area contributed by atoms with Gasteiger partial charge in [-0.3, -0.25) is 14.4 Å². The number of hydrogen-bond donors (Lipinski definition) is 2. The van der Waals surface area contributed by atoms with Gasteiger partial charge in [-0.25, -0.2) is 0 Å². The first-order chi connectivity index (χ1) is 10.9. The van der Waals surface area contributed by atoms with Crippen LogP contribution in [0, 0.1) is 6.92 Å². The molecule has 0 fully saturated rings. The second-order valence-corrected chi connectivity index (χ2v) is 5.32. The molecule has 0 amide bonds. The topological polar surface area (TPSA) is 91.7 Å². The van der Waals surface area contributed by atoms with Crippen LogP contribution in [-0.2, 0) is 0 Å². The van der Waals surface area contributed by atoms with E-state index in [-0.39, 0.29) is 39.3 Å². The van der Waals surface area contributed by atoms with E-state index in [1.807, 2.05) is 0 Å². The standard InChI is InChI=1S/C18H12O5/c1-9-5-10(8-19)16(14(21)6-9)12-7-15(22)17-11(18(12)23)3-2-4-13(17)20/h2-8,20-21H,1H3. The third kappa shape index (κ3) is 2.23. The van der Waals surface area contributed by atoms with Crippen molar-refractivity contribution in [1.29, 1.82) is 0 Å². The van der Waals surface area contributed by atoms with Crippen LogP contribution in [0.2, 0.25) is 0 Å². The molecule has 1 aliphatic carbocycles. The summed E-state index contributed by atoms with van der Waals surface area (Å²) in [4.78, 5) is 36.2. The van der Waals surface area contributed by atoms with Gasteiger partial charge >= 0.3 is 0 Å². The van der Waals surface area contributed by atoms with Crippen LogP contribution in [0.5, 0.6) is 11.5 Å². The lowest BCUT2D eigenvalue weighted by Crippen LogP contribution is -2.17. The molecule has 23 heavy (non-hydrogen) atoms. The van der Waals surface area contributed by atoms with Crippen LogP contribution in [0.25, 0.3) is 5.57 Å². The van der Waals surface area contributed by atoms with Crippen molar-refractivity contribution in [3.05, 3.63) is 64.2 Å². The Morgan fingerprint density at radius 3 is 2.43 bits per heavy atom. The van der Waals surface area contributed by atoms with Gasteiger partial charge in [0, 0.05) is 22.3 Å². The van der Waals surface area contributed by atoms with Crippen molar-refractivity contribution < 1.29 is 24.6 Å². The Balaban J connectivity index is 2.27. The van der Waals surface area contributed by atoms with Gasteiger partial charge in [-0.15, -0.1) is 0 Å². The molecule has 0 saturated carbocycles. The second kappa shape index (κ2) is 5.21. The average molecular weight is 308 g/mol. The number of rotatable bonds is 2. The molecule has 2 aromatic carbocycles. The molecular weight excluding hydrogens is 296 g/mol. The molecule has 0 radical (unpaired) electrons. The summed E-state index contributed by atoms with van der Waals surface area (Å²) in [5.41, 5.74) is 0.718. The van der Waals surface area contributed by atoms with Crippen molar-refractivity contribution >= 4 is 23.4 Å². The van der Waals surface area contributed by atoms with Crippen LogP contribution in [0.15, 0.2) is 36.4 Å². The Kier molecular flexibility index (Phi) is 3.33. The predicted octanol–water partition coefficient (Wildman–Crippen LogP) is 2.68. The highest BCUT2D eigenvalue weighted by Gasteiger charge is 2.31. The molecule has 0 heterocycles. The molecule has 1 aliphatic rings. The van der Waals surface area contributed by atoms with Crippen molar-refractivity contribution in [2.45, 2.75) is 6.92 Å². The molecule has 3 rings (SSSR count). The average Bonchev–Trinajstić information content (AvgIpc) is 2.50. The molecule has 0 aliphatic heterocycles. The van der Waals surface area contributed by atoms with Gasteiger partial charge in [0.1, 0.15) is 11.5 Å². The second-order valence-electron chi connectivity index (χ2n) is 5.32. The molecule has 0 saturated heterocycles. The Morgan fingerprint density at radius 1 is 1.00 bits per heavy atom. The zero-order chi connectivity index (χ0) is 16.7. The van der Waals surface area contributed by atoms with Gasteiger partial charge in [0.15, 0.2) is 17.9 Å². The summed E-state index contributed by atoms with van der Waals surface area (Å²) in [7, 11) is 0. The summed E-state index contributed by atoms with van der Waals surface area (Å²) >= 11 is 0. The van der Waals surface area contributed by atoms with Crippen molar-refractivity contribution in [3.63, 3.8) is 0 Å². The number of ketones is 2. The van der Waals surface area contributed by atoms with Gasteiger partial charge in [0.05, 0.1) is 5.56 Å². The minimum Gasteiger partial charge on any atom is -0.507 e. The number of carbonyl (C=O) groups is 3. The fourth-order valence-electron chi connectivity index (χ4n) is 2.77. The maximum atomic E-state index is 12.7. The van der Waals surface area contributed by atoms with Gasteiger partial charge in [0.2, 0.25) is 0 Å².